The minimum atomic E-state index is 0.649. The molecule has 1 N–H and O–H groups in total. The number of rotatable bonds is 5. The van der Waals surface area contributed by atoms with Crippen LogP contribution in [0.2, 0.25) is 0 Å². The molecular weight excluding hydrogens is 266 g/mol. The number of aryl methyl sites for hydroxylation is 2. The van der Waals surface area contributed by atoms with Crippen LogP contribution in [-0.2, 0) is 13.5 Å². The summed E-state index contributed by atoms with van der Waals surface area (Å²) in [5, 5.41) is 7.70. The maximum atomic E-state index is 4.43. The van der Waals surface area contributed by atoms with Gasteiger partial charge < -0.3 is 5.32 Å². The van der Waals surface area contributed by atoms with Crippen LogP contribution in [0.4, 0.5) is 0 Å². The van der Waals surface area contributed by atoms with Gasteiger partial charge in [-0.1, -0.05) is 13.8 Å². The molecule has 0 saturated carbocycles. The Kier molecular flexibility index (Phi) is 4.99. The van der Waals surface area contributed by atoms with Crippen molar-refractivity contribution in [1.82, 2.24) is 15.1 Å². The van der Waals surface area contributed by atoms with Gasteiger partial charge >= 0.3 is 0 Å². The largest absolute Gasteiger partial charge is 0.319 e. The summed E-state index contributed by atoms with van der Waals surface area (Å²) >= 11 is 3.63. The third-order valence-electron chi connectivity index (χ3n) is 3.13. The van der Waals surface area contributed by atoms with E-state index in [9.17, 15) is 0 Å². The van der Waals surface area contributed by atoms with Gasteiger partial charge in [0.2, 0.25) is 0 Å². The monoisotopic (exact) mass is 287 g/mol. The van der Waals surface area contributed by atoms with Crippen LogP contribution in [0.25, 0.3) is 0 Å². The second kappa shape index (κ2) is 5.82. The van der Waals surface area contributed by atoms with Crippen LogP contribution in [0.5, 0.6) is 0 Å². The summed E-state index contributed by atoms with van der Waals surface area (Å²) in [6, 6.07) is 0. The Morgan fingerprint density at radius 2 is 2.06 bits per heavy atom. The summed E-state index contributed by atoms with van der Waals surface area (Å²) in [6.45, 7) is 7.64. The lowest BCUT2D eigenvalue weighted by Crippen LogP contribution is -2.26. The fourth-order valence-corrected chi connectivity index (χ4v) is 2.45. The first kappa shape index (κ1) is 13.7. The van der Waals surface area contributed by atoms with Crippen molar-refractivity contribution in [3.63, 3.8) is 0 Å². The molecule has 0 spiro atoms. The number of halogens is 1. The molecule has 4 heteroatoms. The highest BCUT2D eigenvalue weighted by Gasteiger charge is 2.18. The van der Waals surface area contributed by atoms with Crippen molar-refractivity contribution in [1.29, 1.82) is 0 Å². The van der Waals surface area contributed by atoms with Gasteiger partial charge in [-0.25, -0.2) is 0 Å². The van der Waals surface area contributed by atoms with E-state index in [1.54, 1.807) is 0 Å². The molecule has 0 fully saturated rings. The number of hydrogen-bond donors (Lipinski definition) is 1. The molecule has 0 saturated heterocycles. The van der Waals surface area contributed by atoms with Crippen molar-refractivity contribution in [3.8, 4) is 0 Å². The van der Waals surface area contributed by atoms with Crippen molar-refractivity contribution >= 4 is 15.9 Å². The summed E-state index contributed by atoms with van der Waals surface area (Å²) in [5.74, 6) is 1.32. The highest BCUT2D eigenvalue weighted by atomic mass is 79.9. The summed E-state index contributed by atoms with van der Waals surface area (Å²) in [5.41, 5.74) is 2.37. The first-order valence-corrected chi connectivity index (χ1v) is 6.59. The fraction of sp³-hybridized carbons (Fsp3) is 0.750. The predicted octanol–water partition coefficient (Wildman–Crippen LogP) is 2.53. The standard InChI is InChI=1S/C12H22BrN3/c1-8(2)10(7-14-4)6-11-12(13)9(3)15-16(11)5/h8,10,14H,6-7H2,1-5H3. The molecule has 0 amide bonds. The Morgan fingerprint density at radius 1 is 1.44 bits per heavy atom. The summed E-state index contributed by atoms with van der Waals surface area (Å²) in [4.78, 5) is 0. The van der Waals surface area contributed by atoms with Crippen LogP contribution in [0, 0.1) is 18.8 Å². The zero-order valence-electron chi connectivity index (χ0n) is 10.8. The average Bonchev–Trinajstić information content (AvgIpc) is 2.43. The van der Waals surface area contributed by atoms with Crippen molar-refractivity contribution in [2.75, 3.05) is 13.6 Å². The number of aromatic nitrogens is 2. The Morgan fingerprint density at radius 3 is 2.44 bits per heavy atom. The van der Waals surface area contributed by atoms with Gasteiger partial charge in [-0.2, -0.15) is 5.10 Å². The molecule has 1 rings (SSSR count). The second-order valence-corrected chi connectivity index (χ2v) is 5.53. The van der Waals surface area contributed by atoms with Gasteiger partial charge in [0.05, 0.1) is 15.9 Å². The van der Waals surface area contributed by atoms with Gasteiger partial charge in [-0.15, -0.1) is 0 Å². The minimum absolute atomic E-state index is 0.649. The van der Waals surface area contributed by atoms with Crippen molar-refractivity contribution in [3.05, 3.63) is 15.9 Å². The van der Waals surface area contributed by atoms with Crippen molar-refractivity contribution in [2.24, 2.45) is 18.9 Å². The molecule has 92 valence electrons. The van der Waals surface area contributed by atoms with E-state index in [0.29, 0.717) is 11.8 Å². The molecule has 0 aliphatic heterocycles. The van der Waals surface area contributed by atoms with Crippen LogP contribution >= 0.6 is 15.9 Å². The molecule has 0 aromatic carbocycles. The Balaban J connectivity index is 2.84. The molecular formula is C12H22BrN3. The zero-order chi connectivity index (χ0) is 12.3. The van der Waals surface area contributed by atoms with Crippen LogP contribution in [-0.4, -0.2) is 23.4 Å². The van der Waals surface area contributed by atoms with Gasteiger partial charge in [0.15, 0.2) is 0 Å². The molecule has 16 heavy (non-hydrogen) atoms. The quantitative estimate of drug-likeness (QED) is 0.902. The molecule has 0 aliphatic rings. The molecule has 0 aliphatic carbocycles. The van der Waals surface area contributed by atoms with E-state index < -0.39 is 0 Å². The highest BCUT2D eigenvalue weighted by Crippen LogP contribution is 2.25. The molecule has 3 nitrogen and oxygen atoms in total. The smallest absolute Gasteiger partial charge is 0.0738 e. The van der Waals surface area contributed by atoms with Crippen molar-refractivity contribution in [2.45, 2.75) is 27.2 Å². The lowest BCUT2D eigenvalue weighted by Gasteiger charge is -2.20. The Labute approximate surface area is 107 Å². The van der Waals surface area contributed by atoms with Gasteiger partial charge in [-0.05, 0) is 54.7 Å². The minimum Gasteiger partial charge on any atom is -0.319 e. The third-order valence-corrected chi connectivity index (χ3v) is 4.16. The van der Waals surface area contributed by atoms with E-state index in [-0.39, 0.29) is 0 Å². The third kappa shape index (κ3) is 3.08. The summed E-state index contributed by atoms with van der Waals surface area (Å²) in [6.07, 6.45) is 1.07. The van der Waals surface area contributed by atoms with E-state index in [4.69, 9.17) is 0 Å². The lowest BCUT2D eigenvalue weighted by molar-refractivity contribution is 0.362. The zero-order valence-corrected chi connectivity index (χ0v) is 12.4. The molecule has 0 radical (unpaired) electrons. The summed E-state index contributed by atoms with van der Waals surface area (Å²) in [7, 11) is 4.03. The Bertz CT molecular complexity index is 344. The molecule has 1 aromatic heterocycles. The van der Waals surface area contributed by atoms with Crippen LogP contribution < -0.4 is 5.32 Å². The van der Waals surface area contributed by atoms with Crippen LogP contribution in [0.3, 0.4) is 0 Å². The molecule has 1 heterocycles. The maximum Gasteiger partial charge on any atom is 0.0738 e. The highest BCUT2D eigenvalue weighted by molar-refractivity contribution is 9.10. The van der Waals surface area contributed by atoms with E-state index in [0.717, 1.165) is 23.1 Å². The first-order chi connectivity index (χ1) is 7.47. The Hall–Kier alpha value is -0.350. The van der Waals surface area contributed by atoms with Crippen LogP contribution in [0.1, 0.15) is 25.2 Å². The topological polar surface area (TPSA) is 29.9 Å². The predicted molar refractivity (Wildman–Crippen MR) is 71.6 cm³/mol. The van der Waals surface area contributed by atoms with E-state index in [1.807, 2.05) is 25.7 Å². The lowest BCUT2D eigenvalue weighted by atomic mass is 9.91. The SMILES string of the molecule is CNCC(Cc1c(Br)c(C)nn1C)C(C)C. The van der Waals surface area contributed by atoms with Crippen molar-refractivity contribution < 1.29 is 0 Å². The van der Waals surface area contributed by atoms with E-state index in [2.05, 4.69) is 40.2 Å². The molecule has 1 aromatic rings. The normalized spacial score (nSPS) is 13.4. The van der Waals surface area contributed by atoms with E-state index in [1.165, 1.54) is 5.69 Å². The fourth-order valence-electron chi connectivity index (χ4n) is 1.96. The van der Waals surface area contributed by atoms with Gasteiger partial charge in [-0.3, -0.25) is 4.68 Å². The number of nitrogens with one attached hydrogen (secondary N) is 1. The first-order valence-electron chi connectivity index (χ1n) is 5.80. The van der Waals surface area contributed by atoms with Gasteiger partial charge in [0.25, 0.3) is 0 Å². The average molecular weight is 288 g/mol. The second-order valence-electron chi connectivity index (χ2n) is 4.74. The van der Waals surface area contributed by atoms with Gasteiger partial charge in [0, 0.05) is 7.05 Å². The number of nitrogens with zero attached hydrogens (tertiary/aromatic N) is 2. The number of hydrogen-bond acceptors (Lipinski definition) is 2. The molecule has 1 atom stereocenters. The van der Waals surface area contributed by atoms with E-state index >= 15 is 0 Å². The van der Waals surface area contributed by atoms with Gasteiger partial charge in [0.1, 0.15) is 0 Å². The molecule has 1 unspecified atom stereocenters. The molecule has 0 bridgehead atoms. The maximum absolute atomic E-state index is 4.43. The summed E-state index contributed by atoms with van der Waals surface area (Å²) < 4.78 is 3.15. The van der Waals surface area contributed by atoms with Crippen LogP contribution in [0.15, 0.2) is 4.47 Å².